The monoisotopic (exact) mass is 242 g/mol. The van der Waals surface area contributed by atoms with Gasteiger partial charge in [-0.25, -0.2) is 0 Å². The van der Waals surface area contributed by atoms with Crippen LogP contribution in [0.5, 0.6) is 0 Å². The van der Waals surface area contributed by atoms with Gasteiger partial charge in [-0.05, 0) is 12.3 Å². The molecule has 1 N–H and O–H groups in total. The van der Waals surface area contributed by atoms with Gasteiger partial charge < -0.3 is 10.1 Å². The van der Waals surface area contributed by atoms with Gasteiger partial charge in [-0.1, -0.05) is 33.6 Å². The predicted molar refractivity (Wildman–Crippen MR) is 73.4 cm³/mol. The third kappa shape index (κ3) is 4.57. The number of ether oxygens (including phenoxy) is 1. The zero-order chi connectivity index (χ0) is 12.7. The predicted octanol–water partition coefficient (Wildman–Crippen LogP) is 2.12. The summed E-state index contributed by atoms with van der Waals surface area (Å²) in [4.78, 5) is 2.63. The van der Waals surface area contributed by atoms with Gasteiger partial charge in [0.2, 0.25) is 0 Å². The Hall–Kier alpha value is -0.120. The van der Waals surface area contributed by atoms with Crippen molar-refractivity contribution in [1.82, 2.24) is 10.2 Å². The van der Waals surface area contributed by atoms with E-state index in [1.165, 1.54) is 32.4 Å². The van der Waals surface area contributed by atoms with E-state index in [0.29, 0.717) is 12.1 Å². The molecule has 17 heavy (non-hydrogen) atoms. The van der Waals surface area contributed by atoms with Gasteiger partial charge in [0, 0.05) is 38.8 Å². The molecule has 1 fully saturated rings. The lowest BCUT2D eigenvalue weighted by atomic mass is 9.96. The molecule has 0 spiro atoms. The van der Waals surface area contributed by atoms with Crippen LogP contribution < -0.4 is 5.32 Å². The van der Waals surface area contributed by atoms with Gasteiger partial charge in [0.25, 0.3) is 0 Å². The Kier molecular flexibility index (Phi) is 7.09. The summed E-state index contributed by atoms with van der Waals surface area (Å²) < 4.78 is 5.37. The lowest BCUT2D eigenvalue weighted by Crippen LogP contribution is -2.56. The van der Waals surface area contributed by atoms with E-state index in [1.54, 1.807) is 0 Å². The smallest absolute Gasteiger partial charge is 0.0618 e. The zero-order valence-corrected chi connectivity index (χ0v) is 12.0. The van der Waals surface area contributed by atoms with Crippen molar-refractivity contribution in [3.63, 3.8) is 0 Å². The van der Waals surface area contributed by atoms with Crippen LogP contribution in [0, 0.1) is 5.92 Å². The van der Waals surface area contributed by atoms with Crippen LogP contribution in [0.2, 0.25) is 0 Å². The van der Waals surface area contributed by atoms with Crippen LogP contribution in [-0.4, -0.2) is 50.3 Å². The van der Waals surface area contributed by atoms with Crippen molar-refractivity contribution in [3.8, 4) is 0 Å². The summed E-state index contributed by atoms with van der Waals surface area (Å²) in [6.07, 6.45) is 3.75. The molecule has 3 unspecified atom stereocenters. The van der Waals surface area contributed by atoms with Gasteiger partial charge in [-0.15, -0.1) is 0 Å². The highest BCUT2D eigenvalue weighted by molar-refractivity contribution is 4.85. The Morgan fingerprint density at radius 3 is 2.76 bits per heavy atom. The highest BCUT2D eigenvalue weighted by atomic mass is 16.5. The van der Waals surface area contributed by atoms with Gasteiger partial charge in [-0.3, -0.25) is 4.90 Å². The molecular weight excluding hydrogens is 212 g/mol. The van der Waals surface area contributed by atoms with Gasteiger partial charge in [0.05, 0.1) is 6.61 Å². The Balaban J connectivity index is 2.50. The maximum absolute atomic E-state index is 5.37. The Morgan fingerprint density at radius 1 is 1.41 bits per heavy atom. The molecule has 3 atom stereocenters. The summed E-state index contributed by atoms with van der Waals surface area (Å²) in [5.74, 6) is 0.766. The molecule has 1 heterocycles. The van der Waals surface area contributed by atoms with Crippen LogP contribution in [0.25, 0.3) is 0 Å². The number of hydrogen-bond donors (Lipinski definition) is 1. The van der Waals surface area contributed by atoms with E-state index < -0.39 is 0 Å². The molecule has 1 rings (SSSR count). The van der Waals surface area contributed by atoms with E-state index in [0.717, 1.165) is 19.1 Å². The van der Waals surface area contributed by atoms with Crippen molar-refractivity contribution < 1.29 is 4.74 Å². The molecule has 1 aliphatic heterocycles. The number of rotatable bonds is 7. The van der Waals surface area contributed by atoms with Crippen LogP contribution in [0.4, 0.5) is 0 Å². The van der Waals surface area contributed by atoms with E-state index in [1.807, 2.05) is 7.11 Å². The minimum Gasteiger partial charge on any atom is -0.383 e. The second-order valence-electron chi connectivity index (χ2n) is 5.34. The molecule has 0 radical (unpaired) electrons. The second kappa shape index (κ2) is 8.06. The standard InChI is InChI=1S/C14H30N2O/c1-5-7-13(11-17-4)16-9-8-15-14(10-16)12(3)6-2/h12-15H,5-11H2,1-4H3. The normalized spacial score (nSPS) is 25.8. The fraction of sp³-hybridized carbons (Fsp3) is 1.00. The van der Waals surface area contributed by atoms with Crippen LogP contribution in [-0.2, 0) is 4.74 Å². The Labute approximate surface area is 107 Å². The van der Waals surface area contributed by atoms with E-state index in [2.05, 4.69) is 31.0 Å². The molecular formula is C14H30N2O. The zero-order valence-electron chi connectivity index (χ0n) is 12.0. The summed E-state index contributed by atoms with van der Waals surface area (Å²) in [5, 5.41) is 3.66. The average molecular weight is 242 g/mol. The molecule has 0 aromatic carbocycles. The first kappa shape index (κ1) is 14.9. The number of piperazine rings is 1. The molecule has 3 heteroatoms. The van der Waals surface area contributed by atoms with Gasteiger partial charge in [-0.2, -0.15) is 0 Å². The number of nitrogens with one attached hydrogen (secondary N) is 1. The van der Waals surface area contributed by atoms with Crippen molar-refractivity contribution in [1.29, 1.82) is 0 Å². The van der Waals surface area contributed by atoms with Crippen LogP contribution >= 0.6 is 0 Å². The van der Waals surface area contributed by atoms with Crippen LogP contribution in [0.15, 0.2) is 0 Å². The van der Waals surface area contributed by atoms with Crippen molar-refractivity contribution in [3.05, 3.63) is 0 Å². The quantitative estimate of drug-likeness (QED) is 0.740. The molecule has 0 aliphatic carbocycles. The Bertz CT molecular complexity index is 193. The first-order valence-electron chi connectivity index (χ1n) is 7.19. The van der Waals surface area contributed by atoms with Crippen molar-refractivity contribution in [2.24, 2.45) is 5.92 Å². The molecule has 1 saturated heterocycles. The molecule has 0 bridgehead atoms. The third-order valence-corrected chi connectivity index (χ3v) is 4.06. The van der Waals surface area contributed by atoms with Crippen molar-refractivity contribution in [2.75, 3.05) is 33.4 Å². The van der Waals surface area contributed by atoms with E-state index in [-0.39, 0.29) is 0 Å². The molecule has 0 aromatic rings. The maximum atomic E-state index is 5.37. The summed E-state index contributed by atoms with van der Waals surface area (Å²) in [6, 6.07) is 1.27. The van der Waals surface area contributed by atoms with E-state index in [9.17, 15) is 0 Å². The molecule has 3 nitrogen and oxygen atoms in total. The first-order valence-corrected chi connectivity index (χ1v) is 7.19. The molecule has 0 saturated carbocycles. The van der Waals surface area contributed by atoms with Crippen molar-refractivity contribution >= 4 is 0 Å². The topological polar surface area (TPSA) is 24.5 Å². The fourth-order valence-electron chi connectivity index (χ4n) is 2.70. The van der Waals surface area contributed by atoms with Crippen LogP contribution in [0.1, 0.15) is 40.0 Å². The largest absolute Gasteiger partial charge is 0.383 e. The summed E-state index contributed by atoms with van der Waals surface area (Å²) in [7, 11) is 1.82. The van der Waals surface area contributed by atoms with Gasteiger partial charge in [0.15, 0.2) is 0 Å². The number of nitrogens with zero attached hydrogens (tertiary/aromatic N) is 1. The third-order valence-electron chi connectivity index (χ3n) is 4.06. The molecule has 0 amide bonds. The van der Waals surface area contributed by atoms with Crippen LogP contribution in [0.3, 0.4) is 0 Å². The van der Waals surface area contributed by atoms with E-state index in [4.69, 9.17) is 4.74 Å². The summed E-state index contributed by atoms with van der Waals surface area (Å²) in [6.45, 7) is 11.2. The van der Waals surface area contributed by atoms with E-state index >= 15 is 0 Å². The summed E-state index contributed by atoms with van der Waals surface area (Å²) in [5.41, 5.74) is 0. The highest BCUT2D eigenvalue weighted by Crippen LogP contribution is 2.16. The minimum atomic E-state index is 0.610. The lowest BCUT2D eigenvalue weighted by Gasteiger charge is -2.40. The lowest BCUT2D eigenvalue weighted by molar-refractivity contribution is 0.0565. The Morgan fingerprint density at radius 2 is 2.18 bits per heavy atom. The summed E-state index contributed by atoms with van der Waals surface area (Å²) >= 11 is 0. The number of methoxy groups -OCH3 is 1. The molecule has 1 aliphatic rings. The second-order valence-corrected chi connectivity index (χ2v) is 5.34. The molecule has 0 aromatic heterocycles. The average Bonchev–Trinajstić information content (AvgIpc) is 2.37. The first-order chi connectivity index (χ1) is 8.22. The SMILES string of the molecule is CCCC(COC)N1CCNC(C(C)CC)C1. The van der Waals surface area contributed by atoms with Gasteiger partial charge in [0.1, 0.15) is 0 Å². The maximum Gasteiger partial charge on any atom is 0.0618 e. The highest BCUT2D eigenvalue weighted by Gasteiger charge is 2.27. The minimum absolute atomic E-state index is 0.610. The van der Waals surface area contributed by atoms with Gasteiger partial charge >= 0.3 is 0 Å². The molecule has 102 valence electrons. The fourth-order valence-corrected chi connectivity index (χ4v) is 2.70. The number of hydrogen-bond acceptors (Lipinski definition) is 3. The van der Waals surface area contributed by atoms with Crippen molar-refractivity contribution in [2.45, 2.75) is 52.1 Å².